The van der Waals surface area contributed by atoms with Gasteiger partial charge in [-0.05, 0) is 42.5 Å². The van der Waals surface area contributed by atoms with Crippen molar-refractivity contribution in [2.24, 2.45) is 0 Å². The van der Waals surface area contributed by atoms with E-state index >= 15 is 0 Å². The van der Waals surface area contributed by atoms with Crippen LogP contribution in [-0.4, -0.2) is 55.9 Å². The average Bonchev–Trinajstić information content (AvgIpc) is 2.82. The summed E-state index contributed by atoms with van der Waals surface area (Å²) in [7, 11) is 2.76. The summed E-state index contributed by atoms with van der Waals surface area (Å²) in [4.78, 5) is 39.5. The zero-order valence-electron chi connectivity index (χ0n) is 18.5. The van der Waals surface area contributed by atoms with Crippen molar-refractivity contribution >= 4 is 35.0 Å². The van der Waals surface area contributed by atoms with Crippen LogP contribution in [0.4, 0.5) is 18.9 Å². The molecule has 1 aliphatic rings. The van der Waals surface area contributed by atoms with E-state index in [1.807, 2.05) is 0 Å². The lowest BCUT2D eigenvalue weighted by Crippen LogP contribution is -2.42. The molecule has 0 saturated carbocycles. The molecule has 0 atom stereocenters. The Hall–Kier alpha value is -3.27. The maximum atomic E-state index is 13.1. The second-order valence-electron chi connectivity index (χ2n) is 7.74. The Kier molecular flexibility index (Phi) is 7.71. The highest BCUT2D eigenvalue weighted by Gasteiger charge is 2.31. The maximum absolute atomic E-state index is 13.1. The van der Waals surface area contributed by atoms with Gasteiger partial charge in [-0.2, -0.15) is 13.2 Å². The Morgan fingerprint density at radius 1 is 1.09 bits per heavy atom. The second-order valence-corrected chi connectivity index (χ2v) is 8.15. The van der Waals surface area contributed by atoms with Gasteiger partial charge in [0.2, 0.25) is 0 Å². The van der Waals surface area contributed by atoms with Crippen LogP contribution in [0.15, 0.2) is 42.5 Å². The molecule has 7 nitrogen and oxygen atoms in total. The number of nitrogens with one attached hydrogen (secondary N) is 1. The maximum Gasteiger partial charge on any atom is 0.416 e. The summed E-state index contributed by atoms with van der Waals surface area (Å²) in [6, 6.07) is 8.97. The minimum atomic E-state index is -4.41. The number of amides is 3. The van der Waals surface area contributed by atoms with Crippen LogP contribution in [0.3, 0.4) is 0 Å². The van der Waals surface area contributed by atoms with Crippen LogP contribution in [0.1, 0.15) is 28.8 Å². The first-order chi connectivity index (χ1) is 16.0. The summed E-state index contributed by atoms with van der Waals surface area (Å²) in [5.74, 6) is -1.58. The minimum absolute atomic E-state index is 0.192. The number of hydrogen-bond donors (Lipinski definition) is 1. The number of piperidine rings is 1. The van der Waals surface area contributed by atoms with Gasteiger partial charge in [0.05, 0.1) is 16.1 Å². The van der Waals surface area contributed by atoms with Crippen LogP contribution in [-0.2, 0) is 15.8 Å². The summed E-state index contributed by atoms with van der Waals surface area (Å²) < 4.78 is 43.9. The largest absolute Gasteiger partial charge is 0.490 e. The summed E-state index contributed by atoms with van der Waals surface area (Å²) in [5, 5.41) is 2.46. The summed E-state index contributed by atoms with van der Waals surface area (Å²) >= 11 is 6.23. The molecule has 11 heteroatoms. The number of anilines is 1. The van der Waals surface area contributed by atoms with E-state index in [2.05, 4.69) is 5.32 Å². The van der Waals surface area contributed by atoms with Gasteiger partial charge in [-0.25, -0.2) is 0 Å². The van der Waals surface area contributed by atoms with Gasteiger partial charge in [0.1, 0.15) is 11.9 Å². The van der Waals surface area contributed by atoms with Gasteiger partial charge in [0.25, 0.3) is 5.91 Å². The Balaban J connectivity index is 1.63. The van der Waals surface area contributed by atoms with Crippen molar-refractivity contribution in [1.82, 2.24) is 10.2 Å². The van der Waals surface area contributed by atoms with E-state index in [4.69, 9.17) is 16.3 Å². The van der Waals surface area contributed by atoms with Crippen molar-refractivity contribution in [3.05, 3.63) is 58.6 Å². The Labute approximate surface area is 199 Å². The van der Waals surface area contributed by atoms with Crippen molar-refractivity contribution in [3.63, 3.8) is 0 Å². The van der Waals surface area contributed by atoms with Gasteiger partial charge in [0, 0.05) is 45.7 Å². The molecule has 1 fully saturated rings. The minimum Gasteiger partial charge on any atom is -0.490 e. The molecule has 182 valence electrons. The molecule has 3 amide bonds. The smallest absolute Gasteiger partial charge is 0.416 e. The molecule has 1 saturated heterocycles. The highest BCUT2D eigenvalue weighted by Crippen LogP contribution is 2.31. The molecular formula is C23H23ClF3N3O4. The number of likely N-dealkylation sites (N-methyl/N-ethyl adjacent to an activating group) is 2. The lowest BCUT2D eigenvalue weighted by atomic mass is 10.1. The van der Waals surface area contributed by atoms with Crippen LogP contribution in [0.5, 0.6) is 5.75 Å². The number of hydrogen-bond acceptors (Lipinski definition) is 4. The number of rotatable bonds is 4. The number of likely N-dealkylation sites (tertiary alicyclic amines) is 1. The van der Waals surface area contributed by atoms with E-state index in [9.17, 15) is 27.6 Å². The van der Waals surface area contributed by atoms with Gasteiger partial charge in [-0.3, -0.25) is 14.4 Å². The molecular weight excluding hydrogens is 475 g/mol. The summed E-state index contributed by atoms with van der Waals surface area (Å²) in [6.07, 6.45) is -3.69. The molecule has 0 aliphatic carbocycles. The van der Waals surface area contributed by atoms with Crippen LogP contribution in [0.2, 0.25) is 5.02 Å². The third kappa shape index (κ3) is 5.80. The van der Waals surface area contributed by atoms with Gasteiger partial charge in [0.15, 0.2) is 0 Å². The number of alkyl halides is 3. The van der Waals surface area contributed by atoms with Crippen LogP contribution in [0, 0.1) is 0 Å². The number of halogens is 4. The molecule has 1 N–H and O–H groups in total. The number of nitrogens with zero attached hydrogens (tertiary/aromatic N) is 2. The number of carbonyl (C=O) groups is 3. The molecule has 1 heterocycles. The topological polar surface area (TPSA) is 79.0 Å². The molecule has 0 unspecified atom stereocenters. The molecule has 0 spiro atoms. The first-order valence-electron chi connectivity index (χ1n) is 10.4. The van der Waals surface area contributed by atoms with Crippen LogP contribution < -0.4 is 15.0 Å². The van der Waals surface area contributed by atoms with Crippen molar-refractivity contribution in [3.8, 4) is 5.75 Å². The molecule has 34 heavy (non-hydrogen) atoms. The van der Waals surface area contributed by atoms with E-state index in [1.54, 1.807) is 4.90 Å². The SMILES string of the molecule is CNC(=O)C(=O)N(C)c1ccc(Cl)c(C(=O)N2CCC(Oc3ccc(C(F)(F)F)cc3)CC2)c1. The van der Waals surface area contributed by atoms with Gasteiger partial charge < -0.3 is 19.9 Å². The van der Waals surface area contributed by atoms with Crippen molar-refractivity contribution in [1.29, 1.82) is 0 Å². The Morgan fingerprint density at radius 3 is 2.26 bits per heavy atom. The van der Waals surface area contributed by atoms with Crippen LogP contribution in [0.25, 0.3) is 0 Å². The first-order valence-corrected chi connectivity index (χ1v) is 10.8. The Bertz CT molecular complexity index is 1070. The predicted octanol–water partition coefficient (Wildman–Crippen LogP) is 3.75. The van der Waals surface area contributed by atoms with Gasteiger partial charge in [-0.1, -0.05) is 11.6 Å². The van der Waals surface area contributed by atoms with E-state index in [-0.39, 0.29) is 22.6 Å². The van der Waals surface area contributed by atoms with E-state index in [1.165, 1.54) is 44.4 Å². The highest BCUT2D eigenvalue weighted by atomic mass is 35.5. The molecule has 0 bridgehead atoms. The lowest BCUT2D eigenvalue weighted by molar-refractivity contribution is -0.137. The van der Waals surface area contributed by atoms with Crippen molar-refractivity contribution < 1.29 is 32.3 Å². The lowest BCUT2D eigenvalue weighted by Gasteiger charge is -2.32. The second kappa shape index (κ2) is 10.3. The Morgan fingerprint density at radius 2 is 1.71 bits per heavy atom. The fraction of sp³-hybridized carbons (Fsp3) is 0.348. The highest BCUT2D eigenvalue weighted by molar-refractivity contribution is 6.40. The quantitative estimate of drug-likeness (QED) is 0.653. The normalized spacial score (nSPS) is 14.5. The molecule has 1 aliphatic heterocycles. The van der Waals surface area contributed by atoms with Crippen molar-refractivity contribution in [2.75, 3.05) is 32.1 Å². The third-order valence-electron chi connectivity index (χ3n) is 5.51. The predicted molar refractivity (Wildman–Crippen MR) is 120 cm³/mol. The summed E-state index contributed by atoms with van der Waals surface area (Å²) in [6.45, 7) is 0.718. The average molecular weight is 498 g/mol. The first kappa shape index (κ1) is 25.4. The fourth-order valence-electron chi connectivity index (χ4n) is 3.52. The van der Waals surface area contributed by atoms with Gasteiger partial charge in [-0.15, -0.1) is 0 Å². The molecule has 2 aromatic rings. The fourth-order valence-corrected chi connectivity index (χ4v) is 3.72. The third-order valence-corrected chi connectivity index (χ3v) is 5.84. The number of benzene rings is 2. The summed E-state index contributed by atoms with van der Waals surface area (Å²) in [5.41, 5.74) is -0.221. The number of ether oxygens (including phenoxy) is 1. The van der Waals surface area contributed by atoms with E-state index in [0.29, 0.717) is 37.4 Å². The monoisotopic (exact) mass is 497 g/mol. The van der Waals surface area contributed by atoms with Gasteiger partial charge >= 0.3 is 18.0 Å². The van der Waals surface area contributed by atoms with E-state index < -0.39 is 23.6 Å². The zero-order chi connectivity index (χ0) is 25.0. The van der Waals surface area contributed by atoms with Crippen molar-refractivity contribution in [2.45, 2.75) is 25.1 Å². The molecule has 0 aromatic heterocycles. The molecule has 2 aromatic carbocycles. The van der Waals surface area contributed by atoms with Crippen LogP contribution >= 0.6 is 11.6 Å². The molecule has 3 rings (SSSR count). The number of carbonyl (C=O) groups excluding carboxylic acids is 3. The standard InChI is InChI=1S/C23H23ClF3N3O4/c1-28-20(31)22(33)29(2)15-5-8-19(24)18(13-15)21(32)30-11-9-17(10-12-30)34-16-6-3-14(4-7-16)23(25,26)27/h3-8,13,17H,9-12H2,1-2H3,(H,28,31). The zero-order valence-corrected chi connectivity index (χ0v) is 19.2. The van der Waals surface area contributed by atoms with E-state index in [0.717, 1.165) is 17.0 Å². The molecule has 0 radical (unpaired) electrons.